The molecule has 6 nitrogen and oxygen atoms in total. The van der Waals surface area contributed by atoms with Gasteiger partial charge < -0.3 is 14.2 Å². The van der Waals surface area contributed by atoms with Gasteiger partial charge in [-0.1, -0.05) is 78.3 Å². The molecule has 0 unspecified atom stereocenters. The number of thioether (sulfide) groups is 1. The number of ether oxygens (including phenoxy) is 3. The minimum absolute atomic E-state index is 0.141. The van der Waals surface area contributed by atoms with E-state index in [1.54, 1.807) is 18.2 Å². The van der Waals surface area contributed by atoms with Gasteiger partial charge in [0.25, 0.3) is 11.1 Å². The first-order chi connectivity index (χ1) is 19.0. The van der Waals surface area contributed by atoms with Gasteiger partial charge in [-0.25, -0.2) is 0 Å². The molecule has 39 heavy (non-hydrogen) atoms. The van der Waals surface area contributed by atoms with Crippen molar-refractivity contribution in [2.75, 3.05) is 19.8 Å². The second-order valence-corrected chi connectivity index (χ2v) is 10.1. The van der Waals surface area contributed by atoms with Gasteiger partial charge in [-0.15, -0.1) is 0 Å². The quantitative estimate of drug-likeness (QED) is 0.187. The van der Waals surface area contributed by atoms with Gasteiger partial charge >= 0.3 is 0 Å². The van der Waals surface area contributed by atoms with Crippen LogP contribution >= 0.6 is 23.4 Å². The highest BCUT2D eigenvalue weighted by molar-refractivity contribution is 8.18. The van der Waals surface area contributed by atoms with Crippen LogP contribution in [0, 0.1) is 0 Å². The largest absolute Gasteiger partial charge is 0.491 e. The van der Waals surface area contributed by atoms with Crippen LogP contribution in [0.15, 0.2) is 89.8 Å². The molecule has 0 radical (unpaired) electrons. The number of hydrogen-bond acceptors (Lipinski definition) is 6. The first-order valence-corrected chi connectivity index (χ1v) is 13.7. The zero-order chi connectivity index (χ0) is 27.2. The van der Waals surface area contributed by atoms with Crippen LogP contribution in [0.2, 0.25) is 5.02 Å². The summed E-state index contributed by atoms with van der Waals surface area (Å²) in [7, 11) is 0. The Labute approximate surface area is 236 Å². The summed E-state index contributed by atoms with van der Waals surface area (Å²) >= 11 is 7.45. The van der Waals surface area contributed by atoms with Gasteiger partial charge in [0, 0.05) is 5.39 Å². The van der Waals surface area contributed by atoms with E-state index >= 15 is 0 Å². The summed E-state index contributed by atoms with van der Waals surface area (Å²) in [5, 5.41) is 2.05. The van der Waals surface area contributed by atoms with Crippen LogP contribution in [0.4, 0.5) is 4.79 Å². The fraction of sp³-hybridized carbons (Fsp3) is 0.161. The first kappa shape index (κ1) is 26.7. The molecule has 1 heterocycles. The van der Waals surface area contributed by atoms with E-state index in [2.05, 4.69) is 0 Å². The fourth-order valence-corrected chi connectivity index (χ4v) is 5.36. The zero-order valence-electron chi connectivity index (χ0n) is 21.3. The summed E-state index contributed by atoms with van der Waals surface area (Å²) in [6, 6.07) is 26.9. The third-order valence-corrected chi connectivity index (χ3v) is 7.24. The molecule has 1 fully saturated rings. The van der Waals surface area contributed by atoms with E-state index in [4.69, 9.17) is 25.8 Å². The number of halogens is 1. The SMILES string of the molecule is CCOc1cc(/C=C2\SC(=O)N(CCOc3cccc4ccccc34)C2=O)cc(Cl)c1OCc1ccccc1. The van der Waals surface area contributed by atoms with Crippen molar-refractivity contribution in [3.63, 3.8) is 0 Å². The summed E-state index contributed by atoms with van der Waals surface area (Å²) in [5.41, 5.74) is 1.63. The molecule has 0 N–H and O–H groups in total. The van der Waals surface area contributed by atoms with Gasteiger partial charge in [0.1, 0.15) is 19.0 Å². The van der Waals surface area contributed by atoms with Gasteiger partial charge in [-0.2, -0.15) is 0 Å². The average Bonchev–Trinajstić information content (AvgIpc) is 3.20. The molecule has 1 aliphatic rings. The number of benzene rings is 4. The van der Waals surface area contributed by atoms with Crippen LogP contribution in [0.5, 0.6) is 17.2 Å². The van der Waals surface area contributed by atoms with E-state index in [1.807, 2.05) is 79.7 Å². The molecule has 4 aromatic rings. The van der Waals surface area contributed by atoms with Crippen molar-refractivity contribution in [2.45, 2.75) is 13.5 Å². The van der Waals surface area contributed by atoms with Gasteiger partial charge in [-0.3, -0.25) is 14.5 Å². The minimum Gasteiger partial charge on any atom is -0.491 e. The van der Waals surface area contributed by atoms with Crippen molar-refractivity contribution in [3.8, 4) is 17.2 Å². The number of rotatable bonds is 10. The van der Waals surface area contributed by atoms with E-state index in [9.17, 15) is 9.59 Å². The Balaban J connectivity index is 1.28. The predicted molar refractivity (Wildman–Crippen MR) is 156 cm³/mol. The van der Waals surface area contributed by atoms with Crippen LogP contribution in [0.25, 0.3) is 16.8 Å². The second kappa shape index (κ2) is 12.3. The lowest BCUT2D eigenvalue weighted by atomic mass is 10.1. The maximum Gasteiger partial charge on any atom is 0.293 e. The molecule has 0 aliphatic carbocycles. The topological polar surface area (TPSA) is 65.1 Å². The summed E-state index contributed by atoms with van der Waals surface area (Å²) in [4.78, 5) is 27.2. The van der Waals surface area contributed by atoms with E-state index in [-0.39, 0.29) is 24.3 Å². The maximum absolute atomic E-state index is 13.1. The van der Waals surface area contributed by atoms with Crippen molar-refractivity contribution in [2.24, 2.45) is 0 Å². The molecular formula is C31H26ClNO5S. The Morgan fingerprint density at radius 3 is 2.46 bits per heavy atom. The molecule has 0 aromatic heterocycles. The van der Waals surface area contributed by atoms with Crippen molar-refractivity contribution >= 4 is 51.4 Å². The molecule has 0 atom stereocenters. The summed E-state index contributed by atoms with van der Waals surface area (Å²) in [6.45, 7) is 2.94. The zero-order valence-corrected chi connectivity index (χ0v) is 22.8. The Morgan fingerprint density at radius 1 is 0.872 bits per heavy atom. The van der Waals surface area contributed by atoms with Gasteiger partial charge in [-0.05, 0) is 59.5 Å². The normalized spacial score (nSPS) is 14.3. The first-order valence-electron chi connectivity index (χ1n) is 12.5. The summed E-state index contributed by atoms with van der Waals surface area (Å²) in [6.07, 6.45) is 1.64. The number of carbonyl (C=O) groups is 2. The number of carbonyl (C=O) groups excluding carboxylic acids is 2. The van der Waals surface area contributed by atoms with Crippen LogP contribution in [-0.4, -0.2) is 35.8 Å². The third-order valence-electron chi connectivity index (χ3n) is 6.05. The molecule has 5 rings (SSSR count). The number of imide groups is 1. The van der Waals surface area contributed by atoms with Crippen molar-refractivity contribution < 1.29 is 23.8 Å². The smallest absolute Gasteiger partial charge is 0.293 e. The molecule has 1 saturated heterocycles. The molecule has 0 bridgehead atoms. The number of nitrogens with zero attached hydrogens (tertiary/aromatic N) is 1. The van der Waals surface area contributed by atoms with E-state index in [0.29, 0.717) is 46.0 Å². The molecule has 2 amide bonds. The molecule has 4 aromatic carbocycles. The highest BCUT2D eigenvalue weighted by atomic mass is 35.5. The third kappa shape index (κ3) is 6.21. The monoisotopic (exact) mass is 559 g/mol. The van der Waals surface area contributed by atoms with Crippen molar-refractivity contribution in [1.82, 2.24) is 4.90 Å². The summed E-state index contributed by atoms with van der Waals surface area (Å²) < 4.78 is 17.7. The second-order valence-electron chi connectivity index (χ2n) is 8.70. The van der Waals surface area contributed by atoms with Crippen LogP contribution in [-0.2, 0) is 11.4 Å². The molecule has 8 heteroatoms. The highest BCUT2D eigenvalue weighted by Gasteiger charge is 2.35. The van der Waals surface area contributed by atoms with E-state index < -0.39 is 0 Å². The number of fused-ring (bicyclic) bond motifs is 1. The van der Waals surface area contributed by atoms with Crippen molar-refractivity contribution in [3.05, 3.63) is 106 Å². The fourth-order valence-electron chi connectivity index (χ4n) is 4.22. The number of amides is 2. The molecule has 0 spiro atoms. The number of hydrogen-bond donors (Lipinski definition) is 0. The van der Waals surface area contributed by atoms with E-state index in [0.717, 1.165) is 28.1 Å². The van der Waals surface area contributed by atoms with Crippen molar-refractivity contribution in [1.29, 1.82) is 0 Å². The minimum atomic E-state index is -0.370. The highest BCUT2D eigenvalue weighted by Crippen LogP contribution is 2.39. The van der Waals surface area contributed by atoms with Gasteiger partial charge in [0.15, 0.2) is 11.5 Å². The lowest BCUT2D eigenvalue weighted by Gasteiger charge is -2.15. The Morgan fingerprint density at radius 2 is 1.64 bits per heavy atom. The predicted octanol–water partition coefficient (Wildman–Crippen LogP) is 7.59. The Hall–Kier alpha value is -3.94. The van der Waals surface area contributed by atoms with Crippen LogP contribution in [0.3, 0.4) is 0 Å². The Bertz CT molecular complexity index is 1530. The van der Waals surface area contributed by atoms with Gasteiger partial charge in [0.2, 0.25) is 0 Å². The molecule has 0 saturated carbocycles. The van der Waals surface area contributed by atoms with Crippen LogP contribution in [0.1, 0.15) is 18.1 Å². The van der Waals surface area contributed by atoms with Crippen LogP contribution < -0.4 is 14.2 Å². The Kier molecular flexibility index (Phi) is 8.39. The van der Waals surface area contributed by atoms with E-state index in [1.165, 1.54) is 4.90 Å². The standard InChI is InChI=1S/C31H26ClNO5S/c1-2-36-27-18-22(17-25(32)29(27)38-20-21-9-4-3-5-10-21)19-28-30(34)33(31(35)39-28)15-16-37-26-14-8-12-23-11-6-7-13-24(23)26/h3-14,17-19H,2,15-16,20H2,1H3/b28-19-. The lowest BCUT2D eigenvalue weighted by Crippen LogP contribution is -2.32. The summed E-state index contributed by atoms with van der Waals surface area (Å²) in [5.74, 6) is 1.24. The van der Waals surface area contributed by atoms with Gasteiger partial charge in [0.05, 0.1) is 23.1 Å². The average molecular weight is 560 g/mol. The molecular weight excluding hydrogens is 534 g/mol. The maximum atomic E-state index is 13.1. The molecule has 198 valence electrons. The molecule has 1 aliphatic heterocycles. The lowest BCUT2D eigenvalue weighted by molar-refractivity contribution is -0.123.